The zero-order chi connectivity index (χ0) is 13.7. The zero-order valence-electron chi connectivity index (χ0n) is 11.2. The number of nitrogens with zero attached hydrogens (tertiary/aromatic N) is 1. The Balaban J connectivity index is 2.04. The Hall–Kier alpha value is -1.20. The summed E-state index contributed by atoms with van der Waals surface area (Å²) in [7, 11) is 1.45. The number of halogens is 2. The van der Waals surface area contributed by atoms with Crippen LogP contribution in [0.15, 0.2) is 18.2 Å². The van der Waals surface area contributed by atoms with E-state index in [1.807, 2.05) is 6.07 Å². The Kier molecular flexibility index (Phi) is 5.10. The first-order valence-electron chi connectivity index (χ1n) is 6.59. The maximum absolute atomic E-state index is 12.9. The van der Waals surface area contributed by atoms with Crippen LogP contribution < -0.4 is 10.1 Å². The minimum atomic E-state index is -2.49. The minimum Gasteiger partial charge on any atom is -0.496 e. The molecule has 0 bridgehead atoms. The Morgan fingerprint density at radius 2 is 2.05 bits per heavy atom. The zero-order valence-corrected chi connectivity index (χ0v) is 11.2. The van der Waals surface area contributed by atoms with Gasteiger partial charge in [0.05, 0.1) is 12.7 Å². The van der Waals surface area contributed by atoms with Crippen LogP contribution in [0.5, 0.6) is 5.75 Å². The second kappa shape index (κ2) is 6.82. The Bertz CT molecular complexity index is 406. The fourth-order valence-corrected chi connectivity index (χ4v) is 2.44. The molecule has 1 aliphatic rings. The van der Waals surface area contributed by atoms with Crippen molar-refractivity contribution in [2.75, 3.05) is 39.8 Å². The predicted molar refractivity (Wildman–Crippen MR) is 71.0 cm³/mol. The molecule has 0 aliphatic carbocycles. The van der Waals surface area contributed by atoms with Gasteiger partial charge in [-0.05, 0) is 18.1 Å². The van der Waals surface area contributed by atoms with Gasteiger partial charge in [-0.1, -0.05) is 12.1 Å². The smallest absolute Gasteiger partial charge is 0.267 e. The number of benzene rings is 1. The average molecular weight is 270 g/mol. The molecule has 0 spiro atoms. The summed E-state index contributed by atoms with van der Waals surface area (Å²) in [5, 5.41) is 3.29. The van der Waals surface area contributed by atoms with Crippen LogP contribution in [0.3, 0.4) is 0 Å². The highest BCUT2D eigenvalue weighted by molar-refractivity contribution is 5.42. The van der Waals surface area contributed by atoms with Crippen LogP contribution in [0, 0.1) is 0 Å². The number of hydrogen-bond donors (Lipinski definition) is 1. The molecular weight excluding hydrogens is 250 g/mol. The third-order valence-corrected chi connectivity index (χ3v) is 3.47. The van der Waals surface area contributed by atoms with Crippen molar-refractivity contribution in [1.82, 2.24) is 10.2 Å². The summed E-state index contributed by atoms with van der Waals surface area (Å²) in [6, 6.07) is 4.97. The normalized spacial score (nSPS) is 16.8. The van der Waals surface area contributed by atoms with E-state index < -0.39 is 6.43 Å². The van der Waals surface area contributed by atoms with E-state index >= 15 is 0 Å². The lowest BCUT2D eigenvalue weighted by molar-refractivity contribution is 0.146. The van der Waals surface area contributed by atoms with Crippen LogP contribution in [0.25, 0.3) is 0 Å². The molecule has 0 amide bonds. The second-order valence-electron chi connectivity index (χ2n) is 4.68. The van der Waals surface area contributed by atoms with Crippen LogP contribution in [0.4, 0.5) is 8.78 Å². The van der Waals surface area contributed by atoms with Crippen LogP contribution in [-0.4, -0.2) is 44.7 Å². The fraction of sp³-hybridized carbons (Fsp3) is 0.571. The molecule has 106 valence electrons. The molecule has 0 atom stereocenters. The first-order chi connectivity index (χ1) is 9.22. The van der Waals surface area contributed by atoms with Gasteiger partial charge >= 0.3 is 0 Å². The molecule has 0 aromatic heterocycles. The average Bonchev–Trinajstić information content (AvgIpc) is 2.45. The predicted octanol–water partition coefficient (Wildman–Crippen LogP) is 2.08. The molecule has 1 aliphatic heterocycles. The molecule has 0 saturated carbocycles. The Morgan fingerprint density at radius 1 is 1.32 bits per heavy atom. The molecule has 0 unspecified atom stereocenters. The standard InChI is InChI=1S/C14H20F2N2O/c1-19-13-11(3-2-4-12(13)14(15)16)5-8-18-9-6-17-7-10-18/h2-4,14,17H,5-10H2,1H3. The Labute approximate surface area is 112 Å². The topological polar surface area (TPSA) is 24.5 Å². The molecule has 0 radical (unpaired) electrons. The summed E-state index contributed by atoms with van der Waals surface area (Å²) < 4.78 is 30.9. The van der Waals surface area contributed by atoms with Crippen molar-refractivity contribution in [1.29, 1.82) is 0 Å². The van der Waals surface area contributed by atoms with Crippen LogP contribution in [0.1, 0.15) is 17.6 Å². The van der Waals surface area contributed by atoms with E-state index in [1.54, 1.807) is 6.07 Å². The molecule has 1 aromatic rings. The first kappa shape index (κ1) is 14.2. The van der Waals surface area contributed by atoms with Gasteiger partial charge in [0.25, 0.3) is 6.43 Å². The summed E-state index contributed by atoms with van der Waals surface area (Å²) in [6.07, 6.45) is -1.75. The van der Waals surface area contributed by atoms with E-state index in [2.05, 4.69) is 10.2 Å². The van der Waals surface area contributed by atoms with Crippen molar-refractivity contribution in [3.63, 3.8) is 0 Å². The Morgan fingerprint density at radius 3 is 2.68 bits per heavy atom. The van der Waals surface area contributed by atoms with Crippen molar-refractivity contribution in [2.24, 2.45) is 0 Å². The van der Waals surface area contributed by atoms with Gasteiger partial charge in [0, 0.05) is 32.7 Å². The second-order valence-corrected chi connectivity index (χ2v) is 4.68. The van der Waals surface area contributed by atoms with E-state index in [1.165, 1.54) is 13.2 Å². The number of ether oxygens (including phenoxy) is 1. The molecule has 19 heavy (non-hydrogen) atoms. The molecule has 1 aromatic carbocycles. The molecule has 1 N–H and O–H groups in total. The number of hydrogen-bond acceptors (Lipinski definition) is 3. The van der Waals surface area contributed by atoms with Crippen LogP contribution in [0.2, 0.25) is 0 Å². The lowest BCUT2D eigenvalue weighted by Gasteiger charge is -2.27. The summed E-state index contributed by atoms with van der Waals surface area (Å²) in [5.41, 5.74) is 0.846. The SMILES string of the molecule is COc1c(CCN2CCNCC2)cccc1C(F)F. The molecule has 1 saturated heterocycles. The van der Waals surface area contributed by atoms with Gasteiger partial charge in [-0.15, -0.1) is 0 Å². The third kappa shape index (κ3) is 3.64. The molecular formula is C14H20F2N2O. The highest BCUT2D eigenvalue weighted by atomic mass is 19.3. The van der Waals surface area contributed by atoms with Gasteiger partial charge in [-0.2, -0.15) is 0 Å². The monoisotopic (exact) mass is 270 g/mol. The van der Waals surface area contributed by atoms with Gasteiger partial charge in [0.1, 0.15) is 5.75 Å². The van der Waals surface area contributed by atoms with Crippen molar-refractivity contribution in [3.05, 3.63) is 29.3 Å². The minimum absolute atomic E-state index is 0.0136. The molecule has 2 rings (SSSR count). The lowest BCUT2D eigenvalue weighted by Crippen LogP contribution is -2.44. The molecule has 3 nitrogen and oxygen atoms in total. The number of alkyl halides is 2. The van der Waals surface area contributed by atoms with E-state index in [0.717, 1.165) is 44.7 Å². The lowest BCUT2D eigenvalue weighted by atomic mass is 10.1. The first-order valence-corrected chi connectivity index (χ1v) is 6.59. The van der Waals surface area contributed by atoms with Crippen molar-refractivity contribution < 1.29 is 13.5 Å². The maximum atomic E-state index is 12.9. The van der Waals surface area contributed by atoms with Crippen LogP contribution in [-0.2, 0) is 6.42 Å². The maximum Gasteiger partial charge on any atom is 0.267 e. The van der Waals surface area contributed by atoms with Gasteiger partial charge in [-0.3, -0.25) is 0 Å². The van der Waals surface area contributed by atoms with E-state index in [0.29, 0.717) is 5.75 Å². The quantitative estimate of drug-likeness (QED) is 0.886. The van der Waals surface area contributed by atoms with Crippen molar-refractivity contribution >= 4 is 0 Å². The summed E-state index contributed by atoms with van der Waals surface area (Å²) in [4.78, 5) is 2.34. The molecule has 5 heteroatoms. The largest absolute Gasteiger partial charge is 0.496 e. The third-order valence-electron chi connectivity index (χ3n) is 3.47. The highest BCUT2D eigenvalue weighted by Crippen LogP contribution is 2.32. The van der Waals surface area contributed by atoms with Gasteiger partial charge in [0.2, 0.25) is 0 Å². The number of para-hydroxylation sites is 1. The van der Waals surface area contributed by atoms with Crippen molar-refractivity contribution in [3.8, 4) is 5.75 Å². The van der Waals surface area contributed by atoms with E-state index in [4.69, 9.17) is 4.74 Å². The van der Waals surface area contributed by atoms with E-state index in [9.17, 15) is 8.78 Å². The summed E-state index contributed by atoms with van der Waals surface area (Å²) >= 11 is 0. The number of piperazine rings is 1. The number of nitrogens with one attached hydrogen (secondary N) is 1. The fourth-order valence-electron chi connectivity index (χ4n) is 2.44. The van der Waals surface area contributed by atoms with Crippen molar-refractivity contribution in [2.45, 2.75) is 12.8 Å². The van der Waals surface area contributed by atoms with Gasteiger partial charge in [0.15, 0.2) is 0 Å². The van der Waals surface area contributed by atoms with Gasteiger partial charge in [-0.25, -0.2) is 8.78 Å². The van der Waals surface area contributed by atoms with E-state index in [-0.39, 0.29) is 5.56 Å². The highest BCUT2D eigenvalue weighted by Gasteiger charge is 2.17. The molecule has 1 fully saturated rings. The summed E-state index contributed by atoms with van der Waals surface area (Å²) in [5.74, 6) is 0.340. The number of rotatable bonds is 5. The van der Waals surface area contributed by atoms with Gasteiger partial charge < -0.3 is 15.0 Å². The molecule has 1 heterocycles. The summed E-state index contributed by atoms with van der Waals surface area (Å²) in [6.45, 7) is 4.89. The number of methoxy groups -OCH3 is 1. The van der Waals surface area contributed by atoms with Crippen LogP contribution >= 0.6 is 0 Å².